The molecule has 0 aliphatic carbocycles. The molecule has 3 rings (SSSR count). The van der Waals surface area contributed by atoms with Crippen LogP contribution in [-0.2, 0) is 14.4 Å². The van der Waals surface area contributed by atoms with Gasteiger partial charge < -0.3 is 14.7 Å². The van der Waals surface area contributed by atoms with Crippen LogP contribution in [0.1, 0.15) is 13.3 Å². The Morgan fingerprint density at radius 2 is 1.61 bits per heavy atom. The van der Waals surface area contributed by atoms with E-state index >= 15 is 0 Å². The lowest BCUT2D eigenvalue weighted by molar-refractivity contribution is -0.141. The quantitative estimate of drug-likeness (QED) is 0.808. The van der Waals surface area contributed by atoms with Gasteiger partial charge in [-0.15, -0.1) is 0 Å². The summed E-state index contributed by atoms with van der Waals surface area (Å²) in [4.78, 5) is 41.4. The van der Waals surface area contributed by atoms with Gasteiger partial charge in [0.25, 0.3) is 0 Å². The van der Waals surface area contributed by atoms with Crippen molar-refractivity contribution < 1.29 is 14.4 Å². The van der Waals surface area contributed by atoms with Crippen LogP contribution >= 0.6 is 0 Å². The SMILES string of the molecule is CC(=O)N1CCN(C(=O)C2CC(=O)N(c3ccccc3)C2)CC1. The van der Waals surface area contributed by atoms with Crippen molar-refractivity contribution in [2.45, 2.75) is 13.3 Å². The smallest absolute Gasteiger partial charge is 0.228 e. The van der Waals surface area contributed by atoms with Gasteiger partial charge in [0.2, 0.25) is 17.7 Å². The molecule has 6 nitrogen and oxygen atoms in total. The van der Waals surface area contributed by atoms with E-state index in [2.05, 4.69) is 0 Å². The lowest BCUT2D eigenvalue weighted by atomic mass is 10.1. The van der Waals surface area contributed by atoms with Crippen LogP contribution < -0.4 is 4.90 Å². The van der Waals surface area contributed by atoms with E-state index in [0.29, 0.717) is 32.7 Å². The minimum Gasteiger partial charge on any atom is -0.339 e. The third kappa shape index (κ3) is 3.21. The number of benzene rings is 1. The number of para-hydroxylation sites is 1. The first-order chi connectivity index (χ1) is 11.1. The number of anilines is 1. The number of amides is 3. The van der Waals surface area contributed by atoms with Crippen LogP contribution in [-0.4, -0.2) is 60.2 Å². The molecule has 1 aromatic carbocycles. The van der Waals surface area contributed by atoms with E-state index in [9.17, 15) is 14.4 Å². The summed E-state index contributed by atoms with van der Waals surface area (Å²) in [5.41, 5.74) is 0.842. The molecule has 122 valence electrons. The third-order valence-corrected chi connectivity index (χ3v) is 4.58. The van der Waals surface area contributed by atoms with Crippen LogP contribution in [0.15, 0.2) is 30.3 Å². The van der Waals surface area contributed by atoms with Crippen molar-refractivity contribution in [2.24, 2.45) is 5.92 Å². The van der Waals surface area contributed by atoms with Crippen molar-refractivity contribution in [1.82, 2.24) is 9.80 Å². The topological polar surface area (TPSA) is 60.9 Å². The summed E-state index contributed by atoms with van der Waals surface area (Å²) < 4.78 is 0. The fraction of sp³-hybridized carbons (Fsp3) is 0.471. The molecule has 2 saturated heterocycles. The number of carbonyl (C=O) groups is 3. The Bertz CT molecular complexity index is 609. The number of rotatable bonds is 2. The van der Waals surface area contributed by atoms with E-state index in [-0.39, 0.29) is 30.1 Å². The van der Waals surface area contributed by atoms with Gasteiger partial charge in [-0.05, 0) is 12.1 Å². The van der Waals surface area contributed by atoms with E-state index < -0.39 is 0 Å². The van der Waals surface area contributed by atoms with Crippen LogP contribution in [0.2, 0.25) is 0 Å². The molecule has 2 aliphatic heterocycles. The van der Waals surface area contributed by atoms with Gasteiger partial charge in [-0.3, -0.25) is 14.4 Å². The second kappa shape index (κ2) is 6.40. The Morgan fingerprint density at radius 1 is 1.00 bits per heavy atom. The standard InChI is InChI=1S/C17H21N3O3/c1-13(21)18-7-9-19(10-8-18)17(23)14-11-16(22)20(12-14)15-5-3-2-4-6-15/h2-6,14H,7-12H2,1H3. The Labute approximate surface area is 135 Å². The minimum atomic E-state index is -0.286. The molecule has 0 saturated carbocycles. The van der Waals surface area contributed by atoms with Crippen molar-refractivity contribution in [3.05, 3.63) is 30.3 Å². The van der Waals surface area contributed by atoms with Crippen LogP contribution in [0.25, 0.3) is 0 Å². The molecular weight excluding hydrogens is 294 g/mol. The first kappa shape index (κ1) is 15.5. The van der Waals surface area contributed by atoms with Gasteiger partial charge in [-0.1, -0.05) is 18.2 Å². The van der Waals surface area contributed by atoms with E-state index in [1.807, 2.05) is 30.3 Å². The Morgan fingerprint density at radius 3 is 2.22 bits per heavy atom. The molecule has 0 aromatic heterocycles. The van der Waals surface area contributed by atoms with Crippen molar-refractivity contribution in [1.29, 1.82) is 0 Å². The molecule has 1 atom stereocenters. The van der Waals surface area contributed by atoms with Gasteiger partial charge in [0.05, 0.1) is 5.92 Å². The van der Waals surface area contributed by atoms with Gasteiger partial charge in [0, 0.05) is 51.8 Å². The molecule has 3 amide bonds. The molecule has 0 N–H and O–H groups in total. The Kier molecular flexibility index (Phi) is 4.32. The molecule has 2 heterocycles. The van der Waals surface area contributed by atoms with E-state index in [0.717, 1.165) is 5.69 Å². The molecule has 0 radical (unpaired) electrons. The zero-order valence-electron chi connectivity index (χ0n) is 13.3. The maximum absolute atomic E-state index is 12.6. The Hall–Kier alpha value is -2.37. The van der Waals surface area contributed by atoms with Crippen LogP contribution in [0.5, 0.6) is 0 Å². The number of piperazine rings is 1. The highest BCUT2D eigenvalue weighted by molar-refractivity contribution is 6.00. The number of hydrogen-bond acceptors (Lipinski definition) is 3. The van der Waals surface area contributed by atoms with Crippen LogP contribution in [0, 0.1) is 5.92 Å². The monoisotopic (exact) mass is 315 g/mol. The number of carbonyl (C=O) groups excluding carboxylic acids is 3. The van der Waals surface area contributed by atoms with Gasteiger partial charge >= 0.3 is 0 Å². The maximum Gasteiger partial charge on any atom is 0.228 e. The van der Waals surface area contributed by atoms with Gasteiger partial charge in [-0.25, -0.2) is 0 Å². The molecule has 1 unspecified atom stereocenters. The first-order valence-electron chi connectivity index (χ1n) is 7.96. The summed E-state index contributed by atoms with van der Waals surface area (Å²) in [6.45, 7) is 4.23. The fourth-order valence-corrected chi connectivity index (χ4v) is 3.23. The van der Waals surface area contributed by atoms with E-state index in [4.69, 9.17) is 0 Å². The van der Waals surface area contributed by atoms with Gasteiger partial charge in [0.1, 0.15) is 0 Å². The van der Waals surface area contributed by atoms with Crippen LogP contribution in [0.4, 0.5) is 5.69 Å². The summed E-state index contributed by atoms with van der Waals surface area (Å²) in [6, 6.07) is 9.45. The average Bonchev–Trinajstić information content (AvgIpc) is 2.97. The van der Waals surface area contributed by atoms with Crippen molar-refractivity contribution >= 4 is 23.4 Å². The van der Waals surface area contributed by atoms with E-state index in [1.165, 1.54) is 0 Å². The van der Waals surface area contributed by atoms with Crippen molar-refractivity contribution in [3.8, 4) is 0 Å². The summed E-state index contributed by atoms with van der Waals surface area (Å²) in [5.74, 6) is -0.216. The summed E-state index contributed by atoms with van der Waals surface area (Å²) in [5, 5.41) is 0. The molecule has 2 aliphatic rings. The lowest BCUT2D eigenvalue weighted by Gasteiger charge is -2.35. The van der Waals surface area contributed by atoms with Crippen LogP contribution in [0.3, 0.4) is 0 Å². The molecule has 6 heteroatoms. The predicted octanol–water partition coefficient (Wildman–Crippen LogP) is 0.730. The minimum absolute atomic E-state index is 0.00285. The molecule has 2 fully saturated rings. The first-order valence-corrected chi connectivity index (χ1v) is 7.96. The fourth-order valence-electron chi connectivity index (χ4n) is 3.23. The molecule has 0 spiro atoms. The Balaban J connectivity index is 1.61. The largest absolute Gasteiger partial charge is 0.339 e. The molecule has 0 bridgehead atoms. The molecular formula is C17H21N3O3. The normalized spacial score (nSPS) is 21.7. The molecule has 1 aromatic rings. The summed E-state index contributed by atoms with van der Waals surface area (Å²) in [7, 11) is 0. The zero-order chi connectivity index (χ0) is 16.4. The second-order valence-corrected chi connectivity index (χ2v) is 6.07. The second-order valence-electron chi connectivity index (χ2n) is 6.07. The maximum atomic E-state index is 12.6. The molecule has 23 heavy (non-hydrogen) atoms. The highest BCUT2D eigenvalue weighted by Crippen LogP contribution is 2.26. The van der Waals surface area contributed by atoms with E-state index in [1.54, 1.807) is 21.6 Å². The summed E-state index contributed by atoms with van der Waals surface area (Å²) in [6.07, 6.45) is 0.265. The number of nitrogens with zero attached hydrogens (tertiary/aromatic N) is 3. The van der Waals surface area contributed by atoms with Gasteiger partial charge in [0.15, 0.2) is 0 Å². The zero-order valence-corrected chi connectivity index (χ0v) is 13.3. The lowest BCUT2D eigenvalue weighted by Crippen LogP contribution is -2.51. The highest BCUT2D eigenvalue weighted by atomic mass is 16.2. The average molecular weight is 315 g/mol. The van der Waals surface area contributed by atoms with Crippen molar-refractivity contribution in [3.63, 3.8) is 0 Å². The predicted molar refractivity (Wildman–Crippen MR) is 85.7 cm³/mol. The van der Waals surface area contributed by atoms with Crippen molar-refractivity contribution in [2.75, 3.05) is 37.6 Å². The highest BCUT2D eigenvalue weighted by Gasteiger charge is 2.37. The third-order valence-electron chi connectivity index (χ3n) is 4.58. The van der Waals surface area contributed by atoms with Gasteiger partial charge in [-0.2, -0.15) is 0 Å². The summed E-state index contributed by atoms with van der Waals surface area (Å²) >= 11 is 0. The number of hydrogen-bond donors (Lipinski definition) is 0.